The Morgan fingerprint density at radius 2 is 2.00 bits per heavy atom. The topological polar surface area (TPSA) is 50.9 Å². The Kier molecular flexibility index (Phi) is 3.05. The third kappa shape index (κ3) is 2.04. The number of hydrogen-bond acceptors (Lipinski definition) is 3. The number of aromatic nitrogens is 3. The first kappa shape index (κ1) is 10.6. The summed E-state index contributed by atoms with van der Waals surface area (Å²) < 4.78 is 2.07. The van der Waals surface area contributed by atoms with E-state index in [0.717, 1.165) is 18.2 Å². The average Bonchev–Trinajstić information content (AvgIpc) is 2.54. The zero-order chi connectivity index (χ0) is 10.8. The van der Waals surface area contributed by atoms with Gasteiger partial charge in [-0.3, -0.25) is 0 Å². The molecule has 1 aromatic rings. The number of hydrogen-bond donors (Lipinski definition) is 1. The number of rotatable bonds is 4. The van der Waals surface area contributed by atoms with E-state index in [1.165, 1.54) is 19.3 Å². The molecule has 1 aliphatic rings. The third-order valence-electron chi connectivity index (χ3n) is 3.19. The second-order valence-corrected chi connectivity index (χ2v) is 4.66. The average molecular weight is 209 g/mol. The van der Waals surface area contributed by atoms with Gasteiger partial charge in [0, 0.05) is 12.5 Å². The molecule has 0 aliphatic heterocycles. The maximum atomic E-state index is 9.16. The highest BCUT2D eigenvalue weighted by Gasteiger charge is 2.22. The van der Waals surface area contributed by atoms with Gasteiger partial charge in [-0.15, -0.1) is 10.2 Å². The zero-order valence-corrected chi connectivity index (χ0v) is 9.48. The van der Waals surface area contributed by atoms with Gasteiger partial charge in [-0.25, -0.2) is 0 Å². The highest BCUT2D eigenvalue weighted by atomic mass is 16.3. The van der Waals surface area contributed by atoms with Crippen LogP contribution in [-0.4, -0.2) is 19.9 Å². The lowest BCUT2D eigenvalue weighted by atomic mass is 9.83. The number of nitrogens with zero attached hydrogens (tertiary/aromatic N) is 3. The van der Waals surface area contributed by atoms with Crippen molar-refractivity contribution in [3.8, 4) is 0 Å². The molecule has 0 unspecified atom stereocenters. The van der Waals surface area contributed by atoms with Gasteiger partial charge in [0.15, 0.2) is 5.82 Å². The van der Waals surface area contributed by atoms with Crippen molar-refractivity contribution in [3.05, 3.63) is 11.6 Å². The zero-order valence-electron chi connectivity index (χ0n) is 9.48. The van der Waals surface area contributed by atoms with Crippen molar-refractivity contribution in [2.24, 2.45) is 5.92 Å². The summed E-state index contributed by atoms with van der Waals surface area (Å²) in [7, 11) is 0. The molecule has 0 radical (unpaired) electrons. The molecule has 1 fully saturated rings. The lowest BCUT2D eigenvalue weighted by Gasteiger charge is -2.25. The summed E-state index contributed by atoms with van der Waals surface area (Å²) in [5.41, 5.74) is 0. The van der Waals surface area contributed by atoms with Crippen LogP contribution in [0, 0.1) is 5.92 Å². The van der Waals surface area contributed by atoms with Crippen LogP contribution >= 0.6 is 0 Å². The van der Waals surface area contributed by atoms with E-state index in [2.05, 4.69) is 28.6 Å². The summed E-state index contributed by atoms with van der Waals surface area (Å²) in [5, 5.41) is 17.4. The van der Waals surface area contributed by atoms with Crippen LogP contribution in [0.15, 0.2) is 0 Å². The van der Waals surface area contributed by atoms with Crippen molar-refractivity contribution in [1.82, 2.24) is 14.8 Å². The summed E-state index contributed by atoms with van der Waals surface area (Å²) in [5.74, 6) is 2.52. The molecular weight excluding hydrogens is 190 g/mol. The fourth-order valence-electron chi connectivity index (χ4n) is 2.16. The molecule has 1 aliphatic carbocycles. The number of aliphatic hydroxyl groups excluding tert-OH is 1. The van der Waals surface area contributed by atoms with E-state index in [-0.39, 0.29) is 6.61 Å². The molecule has 0 bridgehead atoms. The molecule has 0 saturated heterocycles. The summed E-state index contributed by atoms with van der Waals surface area (Å²) in [6.07, 6.45) is 5.01. The van der Waals surface area contributed by atoms with Crippen LogP contribution in [0.5, 0.6) is 0 Å². The molecule has 0 amide bonds. The van der Waals surface area contributed by atoms with Crippen LogP contribution in [0.1, 0.15) is 50.8 Å². The Labute approximate surface area is 90.3 Å². The van der Waals surface area contributed by atoms with Crippen LogP contribution in [0.4, 0.5) is 0 Å². The summed E-state index contributed by atoms with van der Waals surface area (Å²) in [4.78, 5) is 0. The minimum Gasteiger partial charge on any atom is -0.388 e. The Morgan fingerprint density at radius 1 is 1.33 bits per heavy atom. The van der Waals surface area contributed by atoms with Gasteiger partial charge in [0.2, 0.25) is 0 Å². The van der Waals surface area contributed by atoms with Crippen molar-refractivity contribution in [3.63, 3.8) is 0 Å². The second-order valence-electron chi connectivity index (χ2n) is 4.66. The maximum Gasteiger partial charge on any atom is 0.159 e. The Balaban J connectivity index is 2.17. The minimum absolute atomic E-state index is 0.0180. The predicted molar refractivity (Wildman–Crippen MR) is 57.4 cm³/mol. The van der Waals surface area contributed by atoms with E-state index >= 15 is 0 Å². The van der Waals surface area contributed by atoms with Crippen molar-refractivity contribution < 1.29 is 5.11 Å². The van der Waals surface area contributed by atoms with E-state index in [1.54, 1.807) is 0 Å². The van der Waals surface area contributed by atoms with E-state index in [9.17, 15) is 0 Å². The van der Waals surface area contributed by atoms with Gasteiger partial charge in [0.25, 0.3) is 0 Å². The van der Waals surface area contributed by atoms with Crippen molar-refractivity contribution >= 4 is 0 Å². The third-order valence-corrected chi connectivity index (χ3v) is 3.19. The van der Waals surface area contributed by atoms with E-state index in [0.29, 0.717) is 11.9 Å². The quantitative estimate of drug-likeness (QED) is 0.821. The highest BCUT2D eigenvalue weighted by molar-refractivity contribution is 4.99. The molecule has 1 N–H and O–H groups in total. The first-order chi connectivity index (χ1) is 7.22. The standard InChI is InChI=1S/C11H19N3O/c1-8(2)14-10(6-9-4-3-5-9)12-13-11(14)7-15/h8-9,15H,3-7H2,1-2H3. The lowest BCUT2D eigenvalue weighted by Crippen LogP contribution is -2.18. The molecule has 0 aromatic carbocycles. The molecule has 1 aromatic heterocycles. The van der Waals surface area contributed by atoms with Crippen LogP contribution < -0.4 is 0 Å². The van der Waals surface area contributed by atoms with Gasteiger partial charge in [0.05, 0.1) is 0 Å². The van der Waals surface area contributed by atoms with Gasteiger partial charge in [-0.05, 0) is 19.8 Å². The molecule has 2 rings (SSSR count). The van der Waals surface area contributed by atoms with Gasteiger partial charge in [-0.1, -0.05) is 19.3 Å². The molecule has 1 saturated carbocycles. The first-order valence-electron chi connectivity index (χ1n) is 5.76. The lowest BCUT2D eigenvalue weighted by molar-refractivity contribution is 0.259. The van der Waals surface area contributed by atoms with Crippen LogP contribution in [0.2, 0.25) is 0 Å². The smallest absolute Gasteiger partial charge is 0.159 e. The fourth-order valence-corrected chi connectivity index (χ4v) is 2.16. The molecule has 15 heavy (non-hydrogen) atoms. The SMILES string of the molecule is CC(C)n1c(CO)nnc1CC1CCC1. The molecule has 1 heterocycles. The number of aliphatic hydroxyl groups is 1. The van der Waals surface area contributed by atoms with E-state index < -0.39 is 0 Å². The van der Waals surface area contributed by atoms with Gasteiger partial charge in [0.1, 0.15) is 12.4 Å². The van der Waals surface area contributed by atoms with Crippen molar-refractivity contribution in [1.29, 1.82) is 0 Å². The Bertz CT molecular complexity index is 329. The molecule has 4 nitrogen and oxygen atoms in total. The van der Waals surface area contributed by atoms with Crippen LogP contribution in [0.3, 0.4) is 0 Å². The van der Waals surface area contributed by atoms with E-state index in [4.69, 9.17) is 5.11 Å². The first-order valence-corrected chi connectivity index (χ1v) is 5.76. The van der Waals surface area contributed by atoms with Crippen molar-refractivity contribution in [2.75, 3.05) is 0 Å². The summed E-state index contributed by atoms with van der Waals surface area (Å²) in [6, 6.07) is 0.331. The van der Waals surface area contributed by atoms with Crippen LogP contribution in [-0.2, 0) is 13.0 Å². The van der Waals surface area contributed by atoms with Gasteiger partial charge < -0.3 is 9.67 Å². The van der Waals surface area contributed by atoms with E-state index in [1.807, 2.05) is 0 Å². The van der Waals surface area contributed by atoms with Gasteiger partial charge >= 0.3 is 0 Å². The fraction of sp³-hybridized carbons (Fsp3) is 0.818. The maximum absolute atomic E-state index is 9.16. The highest BCUT2D eigenvalue weighted by Crippen LogP contribution is 2.30. The molecular formula is C11H19N3O. The van der Waals surface area contributed by atoms with Gasteiger partial charge in [-0.2, -0.15) is 0 Å². The molecule has 4 heteroatoms. The molecule has 0 spiro atoms. The Hall–Kier alpha value is -0.900. The largest absolute Gasteiger partial charge is 0.388 e. The molecule has 84 valence electrons. The second kappa shape index (κ2) is 4.31. The van der Waals surface area contributed by atoms with Crippen LogP contribution in [0.25, 0.3) is 0 Å². The summed E-state index contributed by atoms with van der Waals surface area (Å²) in [6.45, 7) is 4.19. The van der Waals surface area contributed by atoms with Crippen molar-refractivity contribution in [2.45, 2.75) is 52.2 Å². The monoisotopic (exact) mass is 209 g/mol. The Morgan fingerprint density at radius 3 is 2.47 bits per heavy atom. The minimum atomic E-state index is -0.0180. The summed E-state index contributed by atoms with van der Waals surface area (Å²) >= 11 is 0. The molecule has 0 atom stereocenters. The predicted octanol–water partition coefficient (Wildman–Crippen LogP) is 1.69. The normalized spacial score (nSPS) is 17.1.